The maximum Gasteiger partial charge on any atom is 0.120 e. The minimum atomic E-state index is -0.769. The fourth-order valence-corrected chi connectivity index (χ4v) is 10.2. The lowest BCUT2D eigenvalue weighted by Gasteiger charge is -2.36. The normalized spacial score (nSPS) is 11.0. The van der Waals surface area contributed by atoms with Crippen LogP contribution in [0, 0.1) is 5.52 Å². The summed E-state index contributed by atoms with van der Waals surface area (Å²) in [6.07, 6.45) is 4.41. The van der Waals surface area contributed by atoms with E-state index in [0.717, 1.165) is 0 Å². The summed E-state index contributed by atoms with van der Waals surface area (Å²) in [6, 6.07) is 50.3. The van der Waals surface area contributed by atoms with Crippen molar-refractivity contribution in [1.82, 2.24) is 0 Å². The van der Waals surface area contributed by atoms with E-state index in [-0.39, 0.29) is 0 Å². The van der Waals surface area contributed by atoms with Crippen LogP contribution in [0.15, 0.2) is 152 Å². The molecule has 33 heavy (non-hydrogen) atoms. The highest BCUT2D eigenvalue weighted by Gasteiger charge is 2.35. The molecule has 4 aromatic carbocycles. The van der Waals surface area contributed by atoms with Gasteiger partial charge in [0.05, 0.1) is 12.4 Å². The van der Waals surface area contributed by atoms with Gasteiger partial charge in [-0.2, -0.15) is 0 Å². The molecule has 5 rings (SSSR count). The highest BCUT2D eigenvalue weighted by atomic mass is 31.2. The van der Waals surface area contributed by atoms with Gasteiger partial charge in [-0.05, 0) is 37.1 Å². The molecule has 0 unspecified atom stereocenters. The SMILES string of the molecule is c1ccc(P(c2ccccc2)[C-]([n+]2ccccc2)P(c2ccccc2)c2ccccc2)cc1. The maximum absolute atomic E-state index is 2.37. The minimum absolute atomic E-state index is 0.769. The Kier molecular flexibility index (Phi) is 6.93. The van der Waals surface area contributed by atoms with E-state index >= 15 is 0 Å². The number of rotatable bonds is 7. The summed E-state index contributed by atoms with van der Waals surface area (Å²) in [6.45, 7) is 0. The monoisotopic (exact) mass is 461 g/mol. The fraction of sp³-hybridized carbons (Fsp3) is 0. The van der Waals surface area contributed by atoms with E-state index < -0.39 is 15.8 Å². The number of aromatic nitrogens is 1. The van der Waals surface area contributed by atoms with E-state index in [1.807, 2.05) is 0 Å². The van der Waals surface area contributed by atoms with Crippen LogP contribution in [-0.2, 0) is 0 Å². The van der Waals surface area contributed by atoms with Gasteiger partial charge in [0.2, 0.25) is 0 Å². The van der Waals surface area contributed by atoms with Gasteiger partial charge in [0, 0.05) is 0 Å². The molecule has 1 aromatic heterocycles. The molecule has 0 aliphatic rings. The van der Waals surface area contributed by atoms with Crippen LogP contribution in [-0.4, -0.2) is 0 Å². The molecule has 3 heteroatoms. The number of hydrogen-bond donors (Lipinski definition) is 0. The van der Waals surface area contributed by atoms with Crippen LogP contribution in [0.4, 0.5) is 0 Å². The van der Waals surface area contributed by atoms with Crippen LogP contribution in [0.2, 0.25) is 0 Å². The molecule has 5 aromatic rings. The molecular weight excluding hydrogens is 436 g/mol. The van der Waals surface area contributed by atoms with Gasteiger partial charge in [-0.3, -0.25) is 0 Å². The molecule has 0 aliphatic heterocycles. The van der Waals surface area contributed by atoms with Crippen molar-refractivity contribution in [2.24, 2.45) is 0 Å². The minimum Gasteiger partial charge on any atom is -0.326 e. The number of pyridine rings is 1. The average molecular weight is 461 g/mol. The Labute approximate surface area is 198 Å². The van der Waals surface area contributed by atoms with Crippen molar-refractivity contribution in [3.63, 3.8) is 0 Å². The molecule has 160 valence electrons. The second kappa shape index (κ2) is 10.6. The van der Waals surface area contributed by atoms with Gasteiger partial charge in [0.15, 0.2) is 0 Å². The van der Waals surface area contributed by atoms with Crippen molar-refractivity contribution in [1.29, 1.82) is 0 Å². The van der Waals surface area contributed by atoms with E-state index in [2.05, 4.69) is 156 Å². The van der Waals surface area contributed by atoms with Gasteiger partial charge in [-0.15, -0.1) is 0 Å². The Bertz CT molecular complexity index is 1090. The van der Waals surface area contributed by atoms with E-state index in [1.165, 1.54) is 26.7 Å². The first-order valence-corrected chi connectivity index (χ1v) is 13.7. The topological polar surface area (TPSA) is 3.88 Å². The third-order valence-electron chi connectivity index (χ3n) is 5.40. The molecule has 1 heterocycles. The second-order valence-electron chi connectivity index (χ2n) is 7.60. The fourth-order valence-electron chi connectivity index (χ4n) is 3.93. The van der Waals surface area contributed by atoms with Gasteiger partial charge in [-0.25, -0.2) is 0 Å². The van der Waals surface area contributed by atoms with E-state index in [9.17, 15) is 0 Å². The lowest BCUT2D eigenvalue weighted by atomic mass is 10.4. The molecule has 0 bridgehead atoms. The Morgan fingerprint density at radius 1 is 0.364 bits per heavy atom. The summed E-state index contributed by atoms with van der Waals surface area (Å²) >= 11 is 0. The quantitative estimate of drug-likeness (QED) is 0.170. The number of benzene rings is 4. The molecule has 0 fully saturated rings. The third kappa shape index (κ3) is 4.91. The molecule has 0 aliphatic carbocycles. The lowest BCUT2D eigenvalue weighted by Crippen LogP contribution is -2.43. The smallest absolute Gasteiger partial charge is 0.120 e. The zero-order chi connectivity index (χ0) is 22.3. The zero-order valence-corrected chi connectivity index (χ0v) is 20.1. The summed E-state index contributed by atoms with van der Waals surface area (Å²) in [5.41, 5.74) is 1.44. The number of hydrogen-bond acceptors (Lipinski definition) is 0. The Morgan fingerprint density at radius 2 is 0.636 bits per heavy atom. The molecule has 0 saturated heterocycles. The molecule has 0 N–H and O–H groups in total. The Morgan fingerprint density at radius 3 is 0.939 bits per heavy atom. The predicted molar refractivity (Wildman–Crippen MR) is 143 cm³/mol. The molecule has 0 spiro atoms. The highest BCUT2D eigenvalue weighted by molar-refractivity contribution is 7.92. The highest BCUT2D eigenvalue weighted by Crippen LogP contribution is 2.60. The predicted octanol–water partition coefficient (Wildman–Crippen LogP) is 5.53. The van der Waals surface area contributed by atoms with Crippen LogP contribution in [0.3, 0.4) is 0 Å². The Hall–Kier alpha value is -3.24. The van der Waals surface area contributed by atoms with Gasteiger partial charge in [0.1, 0.15) is 5.52 Å². The van der Waals surface area contributed by atoms with E-state index in [0.29, 0.717) is 0 Å². The summed E-state index contributed by atoms with van der Waals surface area (Å²) in [5.74, 6) is 0. The first-order chi connectivity index (χ1) is 16.4. The summed E-state index contributed by atoms with van der Waals surface area (Å²) in [4.78, 5) is 0. The van der Waals surface area contributed by atoms with Crippen molar-refractivity contribution in [2.75, 3.05) is 0 Å². The average Bonchev–Trinajstić information content (AvgIpc) is 2.91. The van der Waals surface area contributed by atoms with Crippen molar-refractivity contribution in [3.8, 4) is 0 Å². The van der Waals surface area contributed by atoms with Crippen LogP contribution in [0.1, 0.15) is 0 Å². The Balaban J connectivity index is 1.79. The van der Waals surface area contributed by atoms with Gasteiger partial charge < -0.3 is 4.57 Å². The molecule has 0 amide bonds. The maximum atomic E-state index is 2.37. The van der Waals surface area contributed by atoms with Crippen LogP contribution in [0.5, 0.6) is 0 Å². The first-order valence-electron chi connectivity index (χ1n) is 11.1. The first kappa shape index (κ1) is 21.6. The standard InChI is InChI=1S/C30H25NP2/c1-6-16-26(17-7-1)32(27-18-8-2-9-19-27)30(31-24-14-5-15-25-31)33(28-20-10-3-11-21-28)29-22-12-4-13-23-29/h1-25H. The van der Waals surface area contributed by atoms with Crippen LogP contribution in [0.25, 0.3) is 0 Å². The van der Waals surface area contributed by atoms with Gasteiger partial charge in [-0.1, -0.05) is 140 Å². The largest absolute Gasteiger partial charge is 0.326 e. The molecule has 1 nitrogen and oxygen atoms in total. The molecule has 0 atom stereocenters. The van der Waals surface area contributed by atoms with Gasteiger partial charge in [0.25, 0.3) is 0 Å². The van der Waals surface area contributed by atoms with Crippen molar-refractivity contribution in [3.05, 3.63) is 157 Å². The van der Waals surface area contributed by atoms with Crippen LogP contribution < -0.4 is 25.8 Å². The van der Waals surface area contributed by atoms with E-state index in [1.54, 1.807) is 0 Å². The summed E-state index contributed by atoms with van der Waals surface area (Å²) in [7, 11) is -1.54. The van der Waals surface area contributed by atoms with Crippen LogP contribution >= 0.6 is 15.8 Å². The van der Waals surface area contributed by atoms with Crippen molar-refractivity contribution >= 4 is 37.1 Å². The molecular formula is C30H25NP2. The second-order valence-corrected chi connectivity index (χ2v) is 12.2. The molecule has 0 saturated carbocycles. The van der Waals surface area contributed by atoms with Crippen molar-refractivity contribution in [2.45, 2.75) is 0 Å². The third-order valence-corrected chi connectivity index (χ3v) is 11.1. The van der Waals surface area contributed by atoms with Gasteiger partial charge >= 0.3 is 0 Å². The number of nitrogens with zero attached hydrogens (tertiary/aromatic N) is 1. The lowest BCUT2D eigenvalue weighted by molar-refractivity contribution is -0.629. The molecule has 0 radical (unpaired) electrons. The summed E-state index contributed by atoms with van der Waals surface area (Å²) < 4.78 is 2.37. The summed E-state index contributed by atoms with van der Waals surface area (Å²) in [5, 5.41) is 5.46. The zero-order valence-electron chi connectivity index (χ0n) is 18.3. The van der Waals surface area contributed by atoms with E-state index in [4.69, 9.17) is 0 Å². The van der Waals surface area contributed by atoms with Crippen molar-refractivity contribution < 1.29 is 4.57 Å².